The SMILES string of the molecule is O=[N+]([O-])/C=C/c1c[nH]c2cc(C(F)(F)F)ccc12. The Balaban J connectivity index is 2.47. The second-order valence-electron chi connectivity index (χ2n) is 3.60. The first kappa shape index (κ1) is 12.2. The van der Waals surface area contributed by atoms with E-state index in [2.05, 4.69) is 4.98 Å². The van der Waals surface area contributed by atoms with Crippen molar-refractivity contribution in [2.45, 2.75) is 6.18 Å². The monoisotopic (exact) mass is 256 g/mol. The average Bonchev–Trinajstić information content (AvgIpc) is 2.67. The molecule has 7 heteroatoms. The van der Waals surface area contributed by atoms with E-state index < -0.39 is 16.7 Å². The Bertz CT molecular complexity index is 629. The minimum Gasteiger partial charge on any atom is -0.361 e. The highest BCUT2D eigenvalue weighted by atomic mass is 19.4. The van der Waals surface area contributed by atoms with E-state index in [-0.39, 0.29) is 5.52 Å². The van der Waals surface area contributed by atoms with Crippen LogP contribution in [0.1, 0.15) is 11.1 Å². The zero-order valence-corrected chi connectivity index (χ0v) is 8.86. The summed E-state index contributed by atoms with van der Waals surface area (Å²) in [6.45, 7) is 0. The van der Waals surface area contributed by atoms with Crippen molar-refractivity contribution < 1.29 is 18.1 Å². The molecule has 0 unspecified atom stereocenters. The smallest absolute Gasteiger partial charge is 0.361 e. The molecule has 0 atom stereocenters. The van der Waals surface area contributed by atoms with Gasteiger partial charge in [0.2, 0.25) is 6.20 Å². The number of nitrogens with one attached hydrogen (secondary N) is 1. The van der Waals surface area contributed by atoms with Gasteiger partial charge in [-0.05, 0) is 12.1 Å². The van der Waals surface area contributed by atoms with E-state index in [4.69, 9.17) is 0 Å². The van der Waals surface area contributed by atoms with Crippen LogP contribution in [0, 0.1) is 10.1 Å². The maximum absolute atomic E-state index is 12.5. The first-order valence-corrected chi connectivity index (χ1v) is 4.88. The van der Waals surface area contributed by atoms with Crippen LogP contribution < -0.4 is 0 Å². The van der Waals surface area contributed by atoms with Crippen molar-refractivity contribution in [3.8, 4) is 0 Å². The van der Waals surface area contributed by atoms with Gasteiger partial charge >= 0.3 is 6.18 Å². The lowest BCUT2D eigenvalue weighted by atomic mass is 10.1. The fourth-order valence-electron chi connectivity index (χ4n) is 1.60. The zero-order chi connectivity index (χ0) is 13.3. The third kappa shape index (κ3) is 2.34. The van der Waals surface area contributed by atoms with Gasteiger partial charge in [0.25, 0.3) is 0 Å². The van der Waals surface area contributed by atoms with Gasteiger partial charge in [0.1, 0.15) is 0 Å². The van der Waals surface area contributed by atoms with E-state index in [0.29, 0.717) is 10.9 Å². The molecule has 94 valence electrons. The van der Waals surface area contributed by atoms with Crippen LogP contribution in [0.4, 0.5) is 13.2 Å². The zero-order valence-electron chi connectivity index (χ0n) is 8.86. The van der Waals surface area contributed by atoms with Gasteiger partial charge in [0.05, 0.1) is 10.5 Å². The number of alkyl halides is 3. The number of H-pyrrole nitrogens is 1. The highest BCUT2D eigenvalue weighted by Crippen LogP contribution is 2.32. The maximum atomic E-state index is 12.5. The van der Waals surface area contributed by atoms with E-state index in [1.807, 2.05) is 0 Å². The Labute approximate surface area is 98.9 Å². The quantitative estimate of drug-likeness (QED) is 0.661. The third-order valence-corrected chi connectivity index (χ3v) is 2.42. The van der Waals surface area contributed by atoms with E-state index in [0.717, 1.165) is 18.3 Å². The summed E-state index contributed by atoms with van der Waals surface area (Å²) in [5.74, 6) is 0. The van der Waals surface area contributed by atoms with Crippen LogP contribution in [-0.4, -0.2) is 9.91 Å². The van der Waals surface area contributed by atoms with Crippen molar-refractivity contribution in [1.82, 2.24) is 4.98 Å². The normalized spacial score (nSPS) is 12.4. The van der Waals surface area contributed by atoms with Crippen LogP contribution in [0.2, 0.25) is 0 Å². The van der Waals surface area contributed by atoms with Gasteiger partial charge in [-0.2, -0.15) is 13.2 Å². The van der Waals surface area contributed by atoms with Crippen molar-refractivity contribution in [2.24, 2.45) is 0 Å². The summed E-state index contributed by atoms with van der Waals surface area (Å²) in [6, 6.07) is 3.20. The van der Waals surface area contributed by atoms with Gasteiger partial charge in [0, 0.05) is 28.7 Å². The maximum Gasteiger partial charge on any atom is 0.416 e. The second-order valence-corrected chi connectivity index (χ2v) is 3.60. The minimum absolute atomic E-state index is 0.285. The number of nitrogens with zero attached hydrogens (tertiary/aromatic N) is 1. The van der Waals surface area contributed by atoms with Crippen molar-refractivity contribution in [3.63, 3.8) is 0 Å². The minimum atomic E-state index is -4.41. The molecule has 0 aliphatic rings. The molecule has 18 heavy (non-hydrogen) atoms. The molecule has 2 aromatic rings. The number of benzene rings is 1. The molecule has 0 amide bonds. The van der Waals surface area contributed by atoms with E-state index in [9.17, 15) is 23.3 Å². The third-order valence-electron chi connectivity index (χ3n) is 2.42. The molecule has 1 aromatic heterocycles. The molecule has 0 aliphatic carbocycles. The number of aromatic nitrogens is 1. The Morgan fingerprint density at radius 1 is 1.33 bits per heavy atom. The number of rotatable bonds is 2. The highest BCUT2D eigenvalue weighted by molar-refractivity contribution is 5.89. The van der Waals surface area contributed by atoms with Gasteiger partial charge in [-0.15, -0.1) is 0 Å². The largest absolute Gasteiger partial charge is 0.416 e. The molecular weight excluding hydrogens is 249 g/mol. The van der Waals surface area contributed by atoms with Crippen LogP contribution in [0.15, 0.2) is 30.6 Å². The van der Waals surface area contributed by atoms with Crippen molar-refractivity contribution in [2.75, 3.05) is 0 Å². The molecule has 0 saturated heterocycles. The topological polar surface area (TPSA) is 58.9 Å². The summed E-state index contributed by atoms with van der Waals surface area (Å²) >= 11 is 0. The van der Waals surface area contributed by atoms with Gasteiger partial charge in [0.15, 0.2) is 0 Å². The molecule has 0 saturated carbocycles. The van der Waals surface area contributed by atoms with Crippen molar-refractivity contribution in [3.05, 3.63) is 51.8 Å². The number of hydrogen-bond donors (Lipinski definition) is 1. The van der Waals surface area contributed by atoms with Gasteiger partial charge in [-0.3, -0.25) is 10.1 Å². The second kappa shape index (κ2) is 4.17. The predicted molar refractivity (Wildman–Crippen MR) is 59.3 cm³/mol. The summed E-state index contributed by atoms with van der Waals surface area (Å²) in [5.41, 5.74) is -0.00935. The first-order chi connectivity index (χ1) is 8.38. The van der Waals surface area contributed by atoms with Gasteiger partial charge in [-0.1, -0.05) is 6.07 Å². The van der Waals surface area contributed by atoms with Crippen LogP contribution in [0.3, 0.4) is 0 Å². The Morgan fingerprint density at radius 3 is 2.67 bits per heavy atom. The van der Waals surface area contributed by atoms with Crippen LogP contribution >= 0.6 is 0 Å². The molecular formula is C11H7F3N2O2. The Morgan fingerprint density at radius 2 is 2.06 bits per heavy atom. The fourth-order valence-corrected chi connectivity index (χ4v) is 1.60. The summed E-state index contributed by atoms with van der Waals surface area (Å²) < 4.78 is 37.4. The summed E-state index contributed by atoms with van der Waals surface area (Å²) in [5, 5.41) is 10.7. The molecule has 1 heterocycles. The lowest BCUT2D eigenvalue weighted by Gasteiger charge is -2.05. The number of aromatic amines is 1. The highest BCUT2D eigenvalue weighted by Gasteiger charge is 2.30. The lowest BCUT2D eigenvalue weighted by molar-refractivity contribution is -0.400. The summed E-state index contributed by atoms with van der Waals surface area (Å²) in [7, 11) is 0. The summed E-state index contributed by atoms with van der Waals surface area (Å²) in [6.07, 6.45) is -1.02. The first-order valence-electron chi connectivity index (χ1n) is 4.88. The predicted octanol–water partition coefficient (Wildman–Crippen LogP) is 3.43. The molecule has 0 spiro atoms. The molecule has 1 aromatic carbocycles. The molecule has 1 N–H and O–H groups in total. The molecule has 0 radical (unpaired) electrons. The molecule has 4 nitrogen and oxygen atoms in total. The Hall–Kier alpha value is -2.31. The van der Waals surface area contributed by atoms with Crippen molar-refractivity contribution in [1.29, 1.82) is 0 Å². The van der Waals surface area contributed by atoms with E-state index >= 15 is 0 Å². The number of fused-ring (bicyclic) bond motifs is 1. The summed E-state index contributed by atoms with van der Waals surface area (Å²) in [4.78, 5) is 12.2. The van der Waals surface area contributed by atoms with Crippen LogP contribution in [0.25, 0.3) is 17.0 Å². The van der Waals surface area contributed by atoms with E-state index in [1.165, 1.54) is 18.3 Å². The molecule has 0 aliphatic heterocycles. The van der Waals surface area contributed by atoms with Gasteiger partial charge in [-0.25, -0.2) is 0 Å². The van der Waals surface area contributed by atoms with E-state index in [1.54, 1.807) is 0 Å². The van der Waals surface area contributed by atoms with Gasteiger partial charge < -0.3 is 4.98 Å². The number of hydrogen-bond acceptors (Lipinski definition) is 2. The molecule has 0 fully saturated rings. The van der Waals surface area contributed by atoms with Crippen molar-refractivity contribution >= 4 is 17.0 Å². The van der Waals surface area contributed by atoms with Crippen LogP contribution in [0.5, 0.6) is 0 Å². The standard InChI is InChI=1S/C11H7F3N2O2/c12-11(13,14)8-1-2-9-7(3-4-16(17)18)6-15-10(9)5-8/h1-6,15H/b4-3+. The fraction of sp³-hybridized carbons (Fsp3) is 0.0909. The number of halogens is 3. The Kier molecular flexibility index (Phi) is 2.82. The molecule has 2 rings (SSSR count). The van der Waals surface area contributed by atoms with Crippen LogP contribution in [-0.2, 0) is 6.18 Å². The average molecular weight is 256 g/mol. The number of nitro groups is 1. The molecule has 0 bridgehead atoms. The lowest BCUT2D eigenvalue weighted by Crippen LogP contribution is -2.04.